The molecule has 1 heterocycles. The molecule has 1 rings (SSSR count). The second-order valence-corrected chi connectivity index (χ2v) is 3.73. The summed E-state index contributed by atoms with van der Waals surface area (Å²) in [5.74, 6) is -1.23. The van der Waals surface area contributed by atoms with Gasteiger partial charge in [-0.3, -0.25) is 10.1 Å². The monoisotopic (exact) mass is 246 g/mol. The Bertz CT molecular complexity index is 390. The van der Waals surface area contributed by atoms with Gasteiger partial charge in [0, 0.05) is 0 Å². The van der Waals surface area contributed by atoms with Crippen molar-refractivity contribution < 1.29 is 44.3 Å². The molecule has 88 valence electrons. The number of imide groups is 1. The number of urea groups is 1. The smallest absolute Gasteiger partial charge is 0.861 e. The quantitative estimate of drug-likeness (QED) is 0.451. The van der Waals surface area contributed by atoms with E-state index in [0.29, 0.717) is 12.0 Å². The van der Waals surface area contributed by atoms with E-state index in [1.807, 2.05) is 13.0 Å². The summed E-state index contributed by atoms with van der Waals surface area (Å²) in [7, 11) is 0. The first-order valence-corrected chi connectivity index (χ1v) is 5.27. The fourth-order valence-electron chi connectivity index (χ4n) is 1.94. The van der Waals surface area contributed by atoms with E-state index in [0.717, 1.165) is 6.42 Å². The van der Waals surface area contributed by atoms with Crippen molar-refractivity contribution in [3.05, 3.63) is 11.6 Å². The molecule has 0 aromatic heterocycles. The molecule has 0 spiro atoms. The van der Waals surface area contributed by atoms with Gasteiger partial charge in [-0.05, 0) is 25.7 Å². The fourth-order valence-corrected chi connectivity index (χ4v) is 1.94. The van der Waals surface area contributed by atoms with Gasteiger partial charge in [0.2, 0.25) is 5.91 Å². The van der Waals surface area contributed by atoms with Gasteiger partial charge in [-0.25, -0.2) is 9.79 Å². The van der Waals surface area contributed by atoms with Crippen LogP contribution in [0.25, 0.3) is 0 Å². The van der Waals surface area contributed by atoms with Crippen LogP contribution in [0, 0.1) is 5.41 Å². The molecular weight excluding hydrogens is 231 g/mol. The van der Waals surface area contributed by atoms with E-state index in [1.165, 1.54) is 0 Å². The number of aliphatic imine (C=N–C) groups is 1. The summed E-state index contributed by atoms with van der Waals surface area (Å²) in [6.07, 6.45) is 2.84. The minimum Gasteiger partial charge on any atom is -0.861 e. The zero-order valence-electron chi connectivity index (χ0n) is 10.7. The van der Waals surface area contributed by atoms with Gasteiger partial charge in [-0.15, -0.1) is 0 Å². The number of rotatable bonds is 3. The van der Waals surface area contributed by atoms with Gasteiger partial charge in [-0.2, -0.15) is 0 Å². The molecule has 1 aliphatic rings. The Balaban J connectivity index is 0.00000256. The Hall–Kier alpha value is -0.650. The molecular formula is C11H15N2NaO3. The molecule has 0 saturated carbocycles. The van der Waals surface area contributed by atoms with E-state index < -0.39 is 23.3 Å². The Morgan fingerprint density at radius 3 is 2.47 bits per heavy atom. The number of carbonyl (C=O) groups is 2. The third kappa shape index (κ3) is 2.78. The zero-order chi connectivity index (χ0) is 12.3. The standard InChI is InChI=1S/C11H16N2O3.Na/c1-4-6-7(3)11(5-2)8(14)12-10(16)13-9(11)15;/h6H,4-5H2,1-3H3,(H2,12,13,14,15,16);/q;+1/p-1/b7-6-;. The number of allylic oxidation sites excluding steroid dienone is 1. The van der Waals surface area contributed by atoms with E-state index in [2.05, 4.69) is 10.3 Å². The Kier molecular flexibility index (Phi) is 6.09. The SMILES string of the molecule is CC/C=C(/C)C1(CC)C(=O)NC(=O)N=C1[O-].[Na+]. The summed E-state index contributed by atoms with van der Waals surface area (Å²) in [6, 6.07) is -0.872. The third-order valence-corrected chi connectivity index (χ3v) is 2.89. The topological polar surface area (TPSA) is 81.6 Å². The molecule has 1 unspecified atom stereocenters. The molecule has 3 amide bonds. The second kappa shape index (κ2) is 6.33. The normalized spacial score (nSPS) is 24.9. The summed E-state index contributed by atoms with van der Waals surface area (Å²) in [5, 5.41) is 13.9. The number of hydrogen-bond acceptors (Lipinski definition) is 3. The molecule has 0 radical (unpaired) electrons. The average molecular weight is 246 g/mol. The molecule has 6 heteroatoms. The number of nitrogens with one attached hydrogen (secondary N) is 1. The van der Waals surface area contributed by atoms with Gasteiger partial charge >= 0.3 is 35.6 Å². The van der Waals surface area contributed by atoms with Crippen LogP contribution in [-0.4, -0.2) is 17.8 Å². The third-order valence-electron chi connectivity index (χ3n) is 2.89. The van der Waals surface area contributed by atoms with Gasteiger partial charge in [0.1, 0.15) is 0 Å². The van der Waals surface area contributed by atoms with Crippen molar-refractivity contribution in [1.29, 1.82) is 0 Å². The second-order valence-electron chi connectivity index (χ2n) is 3.73. The summed E-state index contributed by atoms with van der Waals surface area (Å²) < 4.78 is 0. The number of nitrogens with zero attached hydrogens (tertiary/aromatic N) is 1. The molecule has 17 heavy (non-hydrogen) atoms. The largest absolute Gasteiger partial charge is 1.00 e. The van der Waals surface area contributed by atoms with Crippen molar-refractivity contribution in [3.8, 4) is 0 Å². The van der Waals surface area contributed by atoms with Crippen molar-refractivity contribution in [2.45, 2.75) is 33.6 Å². The number of carbonyl (C=O) groups excluding carboxylic acids is 2. The maximum absolute atomic E-state index is 11.8. The summed E-state index contributed by atoms with van der Waals surface area (Å²) >= 11 is 0. The molecule has 0 fully saturated rings. The zero-order valence-corrected chi connectivity index (χ0v) is 12.7. The molecule has 1 aliphatic heterocycles. The van der Waals surface area contributed by atoms with Crippen LogP contribution in [0.3, 0.4) is 0 Å². The maximum Gasteiger partial charge on any atom is 1.00 e. The molecule has 5 nitrogen and oxygen atoms in total. The number of hydrogen-bond donors (Lipinski definition) is 1. The first-order valence-electron chi connectivity index (χ1n) is 5.27. The van der Waals surface area contributed by atoms with E-state index >= 15 is 0 Å². The minimum absolute atomic E-state index is 0. The predicted molar refractivity (Wildman–Crippen MR) is 57.7 cm³/mol. The molecule has 0 bridgehead atoms. The van der Waals surface area contributed by atoms with Crippen molar-refractivity contribution in [2.24, 2.45) is 10.4 Å². The molecule has 1 N–H and O–H groups in total. The van der Waals surface area contributed by atoms with Crippen molar-refractivity contribution in [1.82, 2.24) is 5.32 Å². The van der Waals surface area contributed by atoms with Crippen LogP contribution >= 0.6 is 0 Å². The van der Waals surface area contributed by atoms with E-state index in [-0.39, 0.29) is 29.6 Å². The Morgan fingerprint density at radius 1 is 1.47 bits per heavy atom. The van der Waals surface area contributed by atoms with Crippen LogP contribution in [0.15, 0.2) is 16.6 Å². The summed E-state index contributed by atoms with van der Waals surface area (Å²) in [4.78, 5) is 26.1. The van der Waals surface area contributed by atoms with Gasteiger partial charge in [0.05, 0.1) is 5.41 Å². The van der Waals surface area contributed by atoms with Gasteiger partial charge in [-0.1, -0.05) is 25.5 Å². The first kappa shape index (κ1) is 16.4. The van der Waals surface area contributed by atoms with Crippen LogP contribution in [0.4, 0.5) is 4.79 Å². The average Bonchev–Trinajstić information content (AvgIpc) is 2.18. The van der Waals surface area contributed by atoms with E-state index in [9.17, 15) is 14.7 Å². The van der Waals surface area contributed by atoms with Crippen LogP contribution in [0.2, 0.25) is 0 Å². The van der Waals surface area contributed by atoms with Crippen molar-refractivity contribution >= 4 is 17.8 Å². The predicted octanol–water partition coefficient (Wildman–Crippen LogP) is -2.25. The first-order chi connectivity index (χ1) is 7.48. The van der Waals surface area contributed by atoms with Crippen LogP contribution in [0.1, 0.15) is 33.6 Å². The summed E-state index contributed by atoms with van der Waals surface area (Å²) in [6.45, 7) is 5.37. The van der Waals surface area contributed by atoms with Crippen molar-refractivity contribution in [2.75, 3.05) is 0 Å². The molecule has 0 aromatic rings. The maximum atomic E-state index is 11.8. The molecule has 0 saturated heterocycles. The van der Waals surface area contributed by atoms with Crippen LogP contribution < -0.4 is 40.0 Å². The Morgan fingerprint density at radius 2 is 2.06 bits per heavy atom. The molecule has 0 aliphatic carbocycles. The number of amides is 3. The van der Waals surface area contributed by atoms with Gasteiger partial charge < -0.3 is 5.11 Å². The summed E-state index contributed by atoms with van der Waals surface area (Å²) in [5.41, 5.74) is -0.638. The van der Waals surface area contributed by atoms with Gasteiger partial charge in [0.25, 0.3) is 0 Å². The minimum atomic E-state index is -1.29. The fraction of sp³-hybridized carbons (Fsp3) is 0.545. The van der Waals surface area contributed by atoms with Gasteiger partial charge in [0.15, 0.2) is 0 Å². The Labute approximate surface area is 123 Å². The van der Waals surface area contributed by atoms with Crippen molar-refractivity contribution in [3.63, 3.8) is 0 Å². The molecule has 1 atom stereocenters. The molecule has 0 aromatic carbocycles. The van der Waals surface area contributed by atoms with E-state index in [4.69, 9.17) is 0 Å². The van der Waals surface area contributed by atoms with Crippen LogP contribution in [-0.2, 0) is 4.79 Å². The van der Waals surface area contributed by atoms with E-state index in [1.54, 1.807) is 13.8 Å². The van der Waals surface area contributed by atoms with Crippen LogP contribution in [0.5, 0.6) is 0 Å².